The van der Waals surface area contributed by atoms with Crippen molar-refractivity contribution in [1.29, 1.82) is 0 Å². The van der Waals surface area contributed by atoms with E-state index in [0.717, 1.165) is 11.1 Å². The Morgan fingerprint density at radius 3 is 2.69 bits per heavy atom. The molecule has 0 aromatic heterocycles. The smallest absolute Gasteiger partial charge is 0.178 e. The molecule has 1 aliphatic heterocycles. The van der Waals surface area contributed by atoms with Crippen LogP contribution in [0, 0.1) is 0 Å². The van der Waals surface area contributed by atoms with Gasteiger partial charge in [0.05, 0.1) is 29.0 Å². The largest absolute Gasteiger partial charge is 0.393 e. The van der Waals surface area contributed by atoms with Crippen LogP contribution in [-0.4, -0.2) is 37.6 Å². The second kappa shape index (κ2) is 9.33. The first-order valence-electron chi connectivity index (χ1n) is 8.96. The summed E-state index contributed by atoms with van der Waals surface area (Å²) in [4.78, 5) is 0.349. The lowest BCUT2D eigenvalue weighted by molar-refractivity contribution is 0.0369. The van der Waals surface area contributed by atoms with E-state index in [2.05, 4.69) is 18.9 Å². The van der Waals surface area contributed by atoms with Gasteiger partial charge in [-0.25, -0.2) is 8.42 Å². The zero-order valence-electron chi connectivity index (χ0n) is 15.4. The first-order chi connectivity index (χ1) is 12.3. The highest BCUT2D eigenvalue weighted by Gasteiger charge is 2.30. The normalized spacial score (nSPS) is 21.4. The van der Waals surface area contributed by atoms with Gasteiger partial charge in [-0.15, -0.1) is 5.73 Å². The van der Waals surface area contributed by atoms with Crippen LogP contribution in [0.25, 0.3) is 0 Å². The van der Waals surface area contributed by atoms with Gasteiger partial charge in [-0.05, 0) is 55.9 Å². The predicted octanol–water partition coefficient (Wildman–Crippen LogP) is 3.83. The van der Waals surface area contributed by atoms with Gasteiger partial charge in [0.1, 0.15) is 0 Å². The lowest BCUT2D eigenvalue weighted by atomic mass is 10.00. The number of benzene rings is 1. The molecular formula is C21H28O4S. The number of rotatable bonds is 9. The Labute approximate surface area is 156 Å². The maximum absolute atomic E-state index is 12.4. The van der Waals surface area contributed by atoms with Crippen molar-refractivity contribution in [2.24, 2.45) is 0 Å². The van der Waals surface area contributed by atoms with Crippen LogP contribution < -0.4 is 0 Å². The summed E-state index contributed by atoms with van der Waals surface area (Å²) >= 11 is 0. The summed E-state index contributed by atoms with van der Waals surface area (Å²) in [5, 5.41) is 10.0. The molecule has 1 heterocycles. The van der Waals surface area contributed by atoms with Crippen molar-refractivity contribution in [2.75, 3.05) is 5.75 Å². The Kier molecular flexibility index (Phi) is 7.42. The van der Waals surface area contributed by atoms with Crippen molar-refractivity contribution < 1.29 is 18.3 Å². The van der Waals surface area contributed by atoms with Crippen molar-refractivity contribution in [3.63, 3.8) is 0 Å². The molecule has 0 bridgehead atoms. The maximum Gasteiger partial charge on any atom is 0.178 e. The van der Waals surface area contributed by atoms with Crippen LogP contribution in [0.3, 0.4) is 0 Å². The highest BCUT2D eigenvalue weighted by molar-refractivity contribution is 7.91. The molecule has 1 N–H and O–H groups in total. The van der Waals surface area contributed by atoms with Crippen molar-refractivity contribution >= 4 is 9.84 Å². The van der Waals surface area contributed by atoms with E-state index in [-0.39, 0.29) is 18.0 Å². The molecule has 5 heteroatoms. The third kappa shape index (κ3) is 5.96. The Morgan fingerprint density at radius 2 is 2.04 bits per heavy atom. The monoisotopic (exact) mass is 376 g/mol. The summed E-state index contributed by atoms with van der Waals surface area (Å²) < 4.78 is 30.7. The first kappa shape index (κ1) is 20.7. The lowest BCUT2D eigenvalue weighted by Gasteiger charge is -2.16. The predicted molar refractivity (Wildman–Crippen MR) is 104 cm³/mol. The Hall–Kier alpha value is -1.65. The molecule has 0 aliphatic carbocycles. The van der Waals surface area contributed by atoms with Crippen molar-refractivity contribution in [2.45, 2.75) is 62.2 Å². The van der Waals surface area contributed by atoms with Crippen molar-refractivity contribution in [1.82, 2.24) is 0 Å². The molecule has 3 atom stereocenters. The SMILES string of the molecule is C=C=C(C)C[C@@H](O)CCC1OC(CCS(=O)(=O)c2ccccc2)CC1=C. The van der Waals surface area contributed by atoms with E-state index in [1.54, 1.807) is 30.3 Å². The average molecular weight is 377 g/mol. The van der Waals surface area contributed by atoms with Gasteiger partial charge in [0.2, 0.25) is 0 Å². The second-order valence-corrected chi connectivity index (χ2v) is 9.03. The van der Waals surface area contributed by atoms with Gasteiger partial charge in [0.15, 0.2) is 9.84 Å². The van der Waals surface area contributed by atoms with Crippen LogP contribution in [0.5, 0.6) is 0 Å². The van der Waals surface area contributed by atoms with E-state index >= 15 is 0 Å². The first-order valence-corrected chi connectivity index (χ1v) is 10.6. The highest BCUT2D eigenvalue weighted by atomic mass is 32.2. The summed E-state index contributed by atoms with van der Waals surface area (Å²) in [6.07, 6.45) is 2.30. The minimum Gasteiger partial charge on any atom is -0.393 e. The summed E-state index contributed by atoms with van der Waals surface area (Å²) in [6, 6.07) is 8.49. The van der Waals surface area contributed by atoms with Gasteiger partial charge in [-0.3, -0.25) is 0 Å². The summed E-state index contributed by atoms with van der Waals surface area (Å²) in [5.41, 5.74) is 4.70. The van der Waals surface area contributed by atoms with E-state index < -0.39 is 15.9 Å². The Balaban J connectivity index is 1.81. The summed E-state index contributed by atoms with van der Waals surface area (Å²) in [7, 11) is -3.29. The maximum atomic E-state index is 12.4. The van der Waals surface area contributed by atoms with Crippen LogP contribution >= 0.6 is 0 Å². The molecule has 142 valence electrons. The summed E-state index contributed by atoms with van der Waals surface area (Å²) in [5.74, 6) is 0.0631. The van der Waals surface area contributed by atoms with Crippen LogP contribution in [0.2, 0.25) is 0 Å². The van der Waals surface area contributed by atoms with Gasteiger partial charge < -0.3 is 9.84 Å². The molecule has 1 aromatic carbocycles. The molecule has 26 heavy (non-hydrogen) atoms. The van der Waals surface area contributed by atoms with Crippen molar-refractivity contribution in [3.8, 4) is 0 Å². The second-order valence-electron chi connectivity index (χ2n) is 6.92. The minimum absolute atomic E-state index is 0.0631. The molecule has 1 fully saturated rings. The molecule has 1 aliphatic rings. The number of hydrogen-bond donors (Lipinski definition) is 1. The van der Waals surface area contributed by atoms with Crippen LogP contribution in [-0.2, 0) is 14.6 Å². The Morgan fingerprint density at radius 1 is 1.35 bits per heavy atom. The standard InChI is InChI=1S/C21H28O4S/c1-4-16(2)14-18(22)10-11-21-17(3)15-19(25-21)12-13-26(23,24)20-8-6-5-7-9-20/h5-9,18-19,21-22H,1,3,10-15H2,2H3/t18-,19?,21?/m0/s1. The van der Waals surface area contributed by atoms with Crippen LogP contribution in [0.4, 0.5) is 0 Å². The fourth-order valence-electron chi connectivity index (χ4n) is 3.15. The highest BCUT2D eigenvalue weighted by Crippen LogP contribution is 2.30. The number of sulfone groups is 1. The van der Waals surface area contributed by atoms with Gasteiger partial charge in [0, 0.05) is 6.42 Å². The quantitative estimate of drug-likeness (QED) is 0.526. The number of aliphatic hydroxyl groups is 1. The van der Waals surface area contributed by atoms with E-state index in [0.29, 0.717) is 37.0 Å². The molecule has 0 spiro atoms. The molecule has 1 aromatic rings. The van der Waals surface area contributed by atoms with E-state index in [4.69, 9.17) is 4.74 Å². The molecular weight excluding hydrogens is 348 g/mol. The third-order valence-corrected chi connectivity index (χ3v) is 6.48. The minimum atomic E-state index is -3.29. The lowest BCUT2D eigenvalue weighted by Crippen LogP contribution is -2.18. The van der Waals surface area contributed by atoms with Gasteiger partial charge in [0.25, 0.3) is 0 Å². The van der Waals surface area contributed by atoms with Gasteiger partial charge in [-0.1, -0.05) is 31.4 Å². The molecule has 0 saturated carbocycles. The average Bonchev–Trinajstić information content (AvgIpc) is 2.99. The van der Waals surface area contributed by atoms with Crippen LogP contribution in [0.15, 0.2) is 65.3 Å². The fourth-order valence-corrected chi connectivity index (χ4v) is 4.53. The number of aliphatic hydroxyl groups excluding tert-OH is 1. The Bertz CT molecular complexity index is 760. The zero-order chi connectivity index (χ0) is 19.2. The molecule has 0 amide bonds. The van der Waals surface area contributed by atoms with E-state index in [1.807, 2.05) is 6.92 Å². The fraction of sp³-hybridized carbons (Fsp3) is 0.476. The van der Waals surface area contributed by atoms with E-state index in [9.17, 15) is 13.5 Å². The number of hydrogen-bond acceptors (Lipinski definition) is 4. The molecule has 2 unspecified atom stereocenters. The zero-order valence-corrected chi connectivity index (χ0v) is 16.2. The van der Waals surface area contributed by atoms with Gasteiger partial charge in [-0.2, -0.15) is 0 Å². The molecule has 0 radical (unpaired) electrons. The topological polar surface area (TPSA) is 63.6 Å². The third-order valence-electron chi connectivity index (χ3n) is 4.72. The van der Waals surface area contributed by atoms with Gasteiger partial charge >= 0.3 is 0 Å². The van der Waals surface area contributed by atoms with Crippen LogP contribution in [0.1, 0.15) is 39.0 Å². The summed E-state index contributed by atoms with van der Waals surface area (Å²) in [6.45, 7) is 9.53. The molecule has 4 nitrogen and oxygen atoms in total. The molecule has 1 saturated heterocycles. The molecule has 2 rings (SSSR count). The number of ether oxygens (including phenoxy) is 1. The van der Waals surface area contributed by atoms with Crippen molar-refractivity contribution in [3.05, 3.63) is 60.4 Å². The van der Waals surface area contributed by atoms with E-state index in [1.165, 1.54) is 0 Å².